The molecule has 0 radical (unpaired) electrons. The van der Waals surface area contributed by atoms with Crippen LogP contribution in [0.1, 0.15) is 52.4 Å². The van der Waals surface area contributed by atoms with E-state index in [1.165, 1.54) is 32.1 Å². The van der Waals surface area contributed by atoms with Gasteiger partial charge >= 0.3 is 0 Å². The van der Waals surface area contributed by atoms with Gasteiger partial charge in [0.1, 0.15) is 0 Å². The minimum atomic E-state index is 0.387. The van der Waals surface area contributed by atoms with Crippen molar-refractivity contribution in [3.63, 3.8) is 0 Å². The van der Waals surface area contributed by atoms with Crippen molar-refractivity contribution in [2.45, 2.75) is 58.4 Å². The number of hydrogen-bond donors (Lipinski definition) is 1. The maximum Gasteiger partial charge on any atom is 0.0721 e. The summed E-state index contributed by atoms with van der Waals surface area (Å²) in [4.78, 5) is 0. The molecule has 1 aromatic rings. The van der Waals surface area contributed by atoms with Crippen LogP contribution in [-0.2, 0) is 0 Å². The molecule has 4 heteroatoms. The van der Waals surface area contributed by atoms with E-state index in [1.807, 2.05) is 12.1 Å². The van der Waals surface area contributed by atoms with E-state index in [9.17, 15) is 0 Å². The summed E-state index contributed by atoms with van der Waals surface area (Å²) >= 11 is 15.8. The maximum atomic E-state index is 6.20. The molecule has 0 fully saturated rings. The monoisotopic (exact) mass is 365 g/mol. The van der Waals surface area contributed by atoms with Crippen LogP contribution >= 0.6 is 39.1 Å². The molecule has 0 aliphatic heterocycles. The number of unbranched alkanes of at least 4 members (excludes halogenated alkanes) is 4. The molecule has 0 saturated carbocycles. The van der Waals surface area contributed by atoms with Gasteiger partial charge in [-0.05, 0) is 25.5 Å². The predicted octanol–water partition coefficient (Wildman–Crippen LogP) is 6.92. The van der Waals surface area contributed by atoms with Gasteiger partial charge in [0.25, 0.3) is 0 Å². The second-order valence-electron chi connectivity index (χ2n) is 4.99. The third-order valence-corrected chi connectivity index (χ3v) is 4.19. The zero-order valence-electron chi connectivity index (χ0n) is 11.6. The highest BCUT2D eigenvalue weighted by atomic mass is 79.9. The first-order chi connectivity index (χ1) is 9.04. The average Bonchev–Trinajstić information content (AvgIpc) is 2.33. The van der Waals surface area contributed by atoms with Crippen LogP contribution in [0, 0.1) is 0 Å². The Morgan fingerprint density at radius 1 is 1.11 bits per heavy atom. The molecule has 1 unspecified atom stereocenters. The van der Waals surface area contributed by atoms with Gasteiger partial charge < -0.3 is 5.32 Å². The summed E-state index contributed by atoms with van der Waals surface area (Å²) in [5, 5.41) is 4.74. The molecule has 1 atom stereocenters. The number of halogens is 3. The van der Waals surface area contributed by atoms with Crippen molar-refractivity contribution in [1.29, 1.82) is 0 Å². The second-order valence-corrected chi connectivity index (χ2v) is 6.72. The van der Waals surface area contributed by atoms with Gasteiger partial charge in [0.05, 0.1) is 15.7 Å². The molecular formula is C15H22BrCl2N. The smallest absolute Gasteiger partial charge is 0.0721 e. The topological polar surface area (TPSA) is 12.0 Å². The van der Waals surface area contributed by atoms with Crippen LogP contribution in [0.2, 0.25) is 10.0 Å². The lowest BCUT2D eigenvalue weighted by Crippen LogP contribution is -2.15. The molecule has 1 N–H and O–H groups in total. The highest BCUT2D eigenvalue weighted by molar-refractivity contribution is 9.10. The van der Waals surface area contributed by atoms with Crippen LogP contribution in [-0.4, -0.2) is 6.04 Å². The minimum absolute atomic E-state index is 0.387. The van der Waals surface area contributed by atoms with Crippen molar-refractivity contribution >= 4 is 44.8 Å². The molecule has 0 amide bonds. The second kappa shape index (κ2) is 9.10. The van der Waals surface area contributed by atoms with Crippen molar-refractivity contribution in [2.24, 2.45) is 0 Å². The Balaban J connectivity index is 2.42. The lowest BCUT2D eigenvalue weighted by Gasteiger charge is -2.17. The van der Waals surface area contributed by atoms with Crippen LogP contribution in [0.25, 0.3) is 0 Å². The maximum absolute atomic E-state index is 6.20. The molecule has 1 aromatic carbocycles. The van der Waals surface area contributed by atoms with Gasteiger partial charge in [-0.25, -0.2) is 0 Å². The number of anilines is 1. The molecule has 0 bridgehead atoms. The fourth-order valence-corrected chi connectivity index (χ4v) is 3.37. The number of nitrogens with one attached hydrogen (secondary N) is 1. The Labute approximate surface area is 135 Å². The first-order valence-electron chi connectivity index (χ1n) is 6.95. The fraction of sp³-hybridized carbons (Fsp3) is 0.600. The van der Waals surface area contributed by atoms with Crippen molar-refractivity contribution in [2.75, 3.05) is 5.32 Å². The fourth-order valence-electron chi connectivity index (χ4n) is 2.05. The van der Waals surface area contributed by atoms with Crippen LogP contribution in [0.15, 0.2) is 16.6 Å². The Bertz CT molecular complexity index is 373. The largest absolute Gasteiger partial charge is 0.380 e. The number of hydrogen-bond acceptors (Lipinski definition) is 1. The van der Waals surface area contributed by atoms with E-state index in [1.54, 1.807) is 0 Å². The average molecular weight is 367 g/mol. The SMILES string of the molecule is CCCCCCCC(C)Nc1c(Cl)cc(Br)cc1Cl. The molecule has 19 heavy (non-hydrogen) atoms. The standard InChI is InChI=1S/C15H22BrCl2N/c1-3-4-5-6-7-8-11(2)19-15-13(17)9-12(16)10-14(15)18/h9-11,19H,3-8H2,1-2H3. The molecule has 0 aliphatic rings. The Morgan fingerprint density at radius 3 is 2.26 bits per heavy atom. The van der Waals surface area contributed by atoms with Crippen molar-refractivity contribution in [3.05, 3.63) is 26.7 Å². The van der Waals surface area contributed by atoms with E-state index in [0.717, 1.165) is 16.6 Å². The molecule has 0 aromatic heterocycles. The molecular weight excluding hydrogens is 345 g/mol. The van der Waals surface area contributed by atoms with E-state index in [-0.39, 0.29) is 0 Å². The van der Waals surface area contributed by atoms with E-state index >= 15 is 0 Å². The molecule has 0 heterocycles. The van der Waals surface area contributed by atoms with Crippen molar-refractivity contribution in [1.82, 2.24) is 0 Å². The third-order valence-electron chi connectivity index (χ3n) is 3.14. The van der Waals surface area contributed by atoms with Gasteiger partial charge in [0.2, 0.25) is 0 Å². The molecule has 0 saturated heterocycles. The van der Waals surface area contributed by atoms with Gasteiger partial charge in [0, 0.05) is 10.5 Å². The van der Waals surface area contributed by atoms with Crippen LogP contribution in [0.4, 0.5) is 5.69 Å². The zero-order chi connectivity index (χ0) is 14.3. The summed E-state index contributed by atoms with van der Waals surface area (Å²) in [6, 6.07) is 4.12. The van der Waals surface area contributed by atoms with Gasteiger partial charge in [-0.1, -0.05) is 78.2 Å². The first kappa shape index (κ1) is 17.1. The van der Waals surface area contributed by atoms with E-state index in [4.69, 9.17) is 23.2 Å². The summed E-state index contributed by atoms with van der Waals surface area (Å²) in [6.07, 6.45) is 7.67. The minimum Gasteiger partial charge on any atom is -0.380 e. The Morgan fingerprint density at radius 2 is 1.68 bits per heavy atom. The molecule has 1 rings (SSSR count). The van der Waals surface area contributed by atoms with E-state index in [2.05, 4.69) is 35.1 Å². The van der Waals surface area contributed by atoms with Gasteiger partial charge in [-0.3, -0.25) is 0 Å². The molecule has 0 spiro atoms. The third kappa shape index (κ3) is 6.37. The lowest BCUT2D eigenvalue weighted by atomic mass is 10.1. The molecule has 0 aliphatic carbocycles. The Kier molecular flexibility index (Phi) is 8.20. The predicted molar refractivity (Wildman–Crippen MR) is 90.6 cm³/mol. The van der Waals surface area contributed by atoms with Crippen molar-refractivity contribution in [3.8, 4) is 0 Å². The summed E-state index contributed by atoms with van der Waals surface area (Å²) in [6.45, 7) is 4.41. The summed E-state index contributed by atoms with van der Waals surface area (Å²) in [5.41, 5.74) is 0.840. The summed E-state index contributed by atoms with van der Waals surface area (Å²) in [5.74, 6) is 0. The Hall–Kier alpha value is 0.0800. The highest BCUT2D eigenvalue weighted by Gasteiger charge is 2.10. The van der Waals surface area contributed by atoms with Crippen molar-refractivity contribution < 1.29 is 0 Å². The molecule has 108 valence electrons. The lowest BCUT2D eigenvalue weighted by molar-refractivity contribution is 0.578. The summed E-state index contributed by atoms with van der Waals surface area (Å²) < 4.78 is 0.903. The highest BCUT2D eigenvalue weighted by Crippen LogP contribution is 2.34. The first-order valence-corrected chi connectivity index (χ1v) is 8.50. The quantitative estimate of drug-likeness (QED) is 0.492. The number of rotatable bonds is 8. The van der Waals surface area contributed by atoms with Crippen LogP contribution < -0.4 is 5.32 Å². The normalized spacial score (nSPS) is 12.5. The van der Waals surface area contributed by atoms with E-state index < -0.39 is 0 Å². The molecule has 1 nitrogen and oxygen atoms in total. The number of benzene rings is 1. The van der Waals surface area contributed by atoms with Crippen LogP contribution in [0.3, 0.4) is 0 Å². The summed E-state index contributed by atoms with van der Waals surface area (Å²) in [7, 11) is 0. The van der Waals surface area contributed by atoms with E-state index in [0.29, 0.717) is 16.1 Å². The van der Waals surface area contributed by atoms with Gasteiger partial charge in [-0.15, -0.1) is 0 Å². The van der Waals surface area contributed by atoms with Crippen LogP contribution in [0.5, 0.6) is 0 Å². The van der Waals surface area contributed by atoms with Gasteiger partial charge in [-0.2, -0.15) is 0 Å². The van der Waals surface area contributed by atoms with Gasteiger partial charge in [0.15, 0.2) is 0 Å². The zero-order valence-corrected chi connectivity index (χ0v) is 14.7.